The lowest BCUT2D eigenvalue weighted by Gasteiger charge is -2.27. The first-order chi connectivity index (χ1) is 15.0. The highest BCUT2D eigenvalue weighted by Crippen LogP contribution is 2.25. The quantitative estimate of drug-likeness (QED) is 0.595. The van der Waals surface area contributed by atoms with Gasteiger partial charge in [0.2, 0.25) is 0 Å². The van der Waals surface area contributed by atoms with Gasteiger partial charge >= 0.3 is 0 Å². The zero-order valence-electron chi connectivity index (χ0n) is 18.3. The van der Waals surface area contributed by atoms with Crippen molar-refractivity contribution in [1.29, 1.82) is 0 Å². The van der Waals surface area contributed by atoms with Gasteiger partial charge in [-0.25, -0.2) is 9.37 Å². The number of halogens is 1. The molecule has 1 fully saturated rings. The summed E-state index contributed by atoms with van der Waals surface area (Å²) in [6, 6.07) is 12.3. The van der Waals surface area contributed by atoms with Crippen molar-refractivity contribution in [2.75, 3.05) is 30.4 Å². The highest BCUT2D eigenvalue weighted by molar-refractivity contribution is 5.98. The molecule has 1 aliphatic rings. The molecule has 31 heavy (non-hydrogen) atoms. The summed E-state index contributed by atoms with van der Waals surface area (Å²) in [6.07, 6.45) is 3.69. The van der Waals surface area contributed by atoms with Gasteiger partial charge in [-0.05, 0) is 81.1 Å². The summed E-state index contributed by atoms with van der Waals surface area (Å²) in [6.45, 7) is 5.80. The molecule has 6 heteroatoms. The molecule has 5 nitrogen and oxygen atoms in total. The Hall–Kier alpha value is -3.15. The van der Waals surface area contributed by atoms with E-state index >= 15 is 0 Å². The summed E-state index contributed by atoms with van der Waals surface area (Å²) < 4.78 is 14.5. The molecule has 2 aromatic carbocycles. The molecule has 0 aliphatic carbocycles. The second kappa shape index (κ2) is 8.92. The number of aromatic nitrogens is 1. The topological polar surface area (TPSA) is 57.3 Å². The Morgan fingerprint density at radius 1 is 1.10 bits per heavy atom. The standard InChI is InChI=1S/C25H29FN4O/c1-16-13-20(21(26)15-23(16)27-3)17(2)28-25(31)19-7-9-22-18(14-19)8-10-24(29-22)30-11-5-4-6-12-30/h7-10,13-15,17,27H,4-6,11-12H2,1-3H3,(H,28,31). The number of amides is 1. The number of piperidine rings is 1. The molecule has 0 radical (unpaired) electrons. The number of nitrogens with one attached hydrogen (secondary N) is 2. The Labute approximate surface area is 182 Å². The van der Waals surface area contributed by atoms with E-state index in [1.807, 2.05) is 31.2 Å². The summed E-state index contributed by atoms with van der Waals surface area (Å²) in [4.78, 5) is 19.9. The molecule has 0 spiro atoms. The maximum atomic E-state index is 14.5. The van der Waals surface area contributed by atoms with E-state index in [9.17, 15) is 9.18 Å². The van der Waals surface area contributed by atoms with Crippen molar-refractivity contribution in [3.8, 4) is 0 Å². The summed E-state index contributed by atoms with van der Waals surface area (Å²) >= 11 is 0. The molecule has 1 aliphatic heterocycles. The molecule has 4 rings (SSSR count). The van der Waals surface area contributed by atoms with Crippen LogP contribution in [0.15, 0.2) is 42.5 Å². The number of fused-ring (bicyclic) bond motifs is 1. The number of hydrogen-bond donors (Lipinski definition) is 2. The highest BCUT2D eigenvalue weighted by Gasteiger charge is 2.17. The predicted octanol–water partition coefficient (Wildman–Crippen LogP) is 5.21. The lowest BCUT2D eigenvalue weighted by atomic mass is 10.0. The molecule has 0 saturated carbocycles. The molecular weight excluding hydrogens is 391 g/mol. The predicted molar refractivity (Wildman–Crippen MR) is 124 cm³/mol. The summed E-state index contributed by atoms with van der Waals surface area (Å²) in [5.41, 5.74) is 3.55. The zero-order chi connectivity index (χ0) is 22.0. The molecule has 1 aromatic heterocycles. The van der Waals surface area contributed by atoms with Crippen LogP contribution in [0.1, 0.15) is 53.7 Å². The number of anilines is 2. The van der Waals surface area contributed by atoms with E-state index in [4.69, 9.17) is 4.98 Å². The van der Waals surface area contributed by atoms with E-state index in [-0.39, 0.29) is 11.7 Å². The molecule has 1 amide bonds. The van der Waals surface area contributed by atoms with Crippen molar-refractivity contribution in [3.05, 3.63) is 65.0 Å². The summed E-state index contributed by atoms with van der Waals surface area (Å²) in [5, 5.41) is 6.81. The number of carbonyl (C=O) groups is 1. The summed E-state index contributed by atoms with van der Waals surface area (Å²) in [7, 11) is 1.76. The molecule has 1 atom stereocenters. The van der Waals surface area contributed by atoms with E-state index < -0.39 is 6.04 Å². The Morgan fingerprint density at radius 3 is 2.61 bits per heavy atom. The van der Waals surface area contributed by atoms with Crippen molar-refractivity contribution in [1.82, 2.24) is 10.3 Å². The minimum absolute atomic E-state index is 0.232. The van der Waals surface area contributed by atoms with E-state index in [2.05, 4.69) is 15.5 Å². The van der Waals surface area contributed by atoms with Gasteiger partial charge in [-0.1, -0.05) is 0 Å². The number of hydrogen-bond acceptors (Lipinski definition) is 4. The third kappa shape index (κ3) is 4.48. The minimum Gasteiger partial charge on any atom is -0.388 e. The second-order valence-corrected chi connectivity index (χ2v) is 8.26. The first-order valence-corrected chi connectivity index (χ1v) is 10.9. The largest absolute Gasteiger partial charge is 0.388 e. The first kappa shape index (κ1) is 21.1. The molecule has 0 bridgehead atoms. The normalized spacial score (nSPS) is 15.0. The monoisotopic (exact) mass is 420 g/mol. The Balaban J connectivity index is 1.51. The van der Waals surface area contributed by atoms with Crippen LogP contribution in [-0.4, -0.2) is 31.0 Å². The number of pyridine rings is 1. The fraction of sp³-hybridized carbons (Fsp3) is 0.360. The van der Waals surface area contributed by atoms with Crippen molar-refractivity contribution < 1.29 is 9.18 Å². The van der Waals surface area contributed by atoms with Crippen LogP contribution in [0.3, 0.4) is 0 Å². The Kier molecular flexibility index (Phi) is 6.07. The van der Waals surface area contributed by atoms with Crippen LogP contribution < -0.4 is 15.5 Å². The fourth-order valence-corrected chi connectivity index (χ4v) is 4.22. The average Bonchev–Trinajstić information content (AvgIpc) is 2.80. The molecule has 1 saturated heterocycles. The van der Waals surface area contributed by atoms with Crippen LogP contribution in [0, 0.1) is 12.7 Å². The van der Waals surface area contributed by atoms with Crippen molar-refractivity contribution >= 4 is 28.3 Å². The van der Waals surface area contributed by atoms with E-state index in [1.54, 1.807) is 26.1 Å². The van der Waals surface area contributed by atoms with Crippen LogP contribution in [0.5, 0.6) is 0 Å². The highest BCUT2D eigenvalue weighted by atomic mass is 19.1. The lowest BCUT2D eigenvalue weighted by Crippen LogP contribution is -2.30. The van der Waals surface area contributed by atoms with Crippen LogP contribution >= 0.6 is 0 Å². The van der Waals surface area contributed by atoms with Gasteiger partial charge in [0, 0.05) is 42.3 Å². The van der Waals surface area contributed by atoms with Crippen LogP contribution in [0.2, 0.25) is 0 Å². The van der Waals surface area contributed by atoms with Gasteiger partial charge in [-0.2, -0.15) is 0 Å². The Bertz CT molecular complexity index is 1110. The zero-order valence-corrected chi connectivity index (χ0v) is 18.3. The number of nitrogens with zero attached hydrogens (tertiary/aromatic N) is 2. The van der Waals surface area contributed by atoms with E-state index in [0.29, 0.717) is 11.1 Å². The van der Waals surface area contributed by atoms with E-state index in [1.165, 1.54) is 25.3 Å². The van der Waals surface area contributed by atoms with Gasteiger partial charge in [0.25, 0.3) is 5.91 Å². The van der Waals surface area contributed by atoms with Crippen molar-refractivity contribution in [2.45, 2.75) is 39.2 Å². The number of rotatable bonds is 5. The molecule has 162 valence electrons. The maximum Gasteiger partial charge on any atom is 0.251 e. The first-order valence-electron chi connectivity index (χ1n) is 10.9. The molecule has 2 heterocycles. The summed E-state index contributed by atoms with van der Waals surface area (Å²) in [5.74, 6) is 0.425. The van der Waals surface area contributed by atoms with Crippen molar-refractivity contribution in [2.24, 2.45) is 0 Å². The average molecular weight is 421 g/mol. The van der Waals surface area contributed by atoms with Crippen molar-refractivity contribution in [3.63, 3.8) is 0 Å². The van der Waals surface area contributed by atoms with Gasteiger partial charge in [0.15, 0.2) is 0 Å². The SMILES string of the molecule is CNc1cc(F)c(C(C)NC(=O)c2ccc3nc(N4CCCCC4)ccc3c2)cc1C. The molecular formula is C25H29FN4O. The van der Waals surface area contributed by atoms with Gasteiger partial charge in [0.1, 0.15) is 11.6 Å². The maximum absolute atomic E-state index is 14.5. The minimum atomic E-state index is -0.451. The third-order valence-electron chi connectivity index (χ3n) is 6.04. The molecule has 3 aromatic rings. The molecule has 1 unspecified atom stereocenters. The second-order valence-electron chi connectivity index (χ2n) is 8.26. The Morgan fingerprint density at radius 2 is 1.87 bits per heavy atom. The lowest BCUT2D eigenvalue weighted by molar-refractivity contribution is 0.0939. The fourth-order valence-electron chi connectivity index (χ4n) is 4.22. The number of carbonyl (C=O) groups excluding carboxylic acids is 1. The number of benzene rings is 2. The smallest absolute Gasteiger partial charge is 0.251 e. The van der Waals surface area contributed by atoms with Gasteiger partial charge in [-0.3, -0.25) is 4.79 Å². The van der Waals surface area contributed by atoms with Crippen LogP contribution in [-0.2, 0) is 0 Å². The van der Waals surface area contributed by atoms with Gasteiger partial charge < -0.3 is 15.5 Å². The van der Waals surface area contributed by atoms with Crippen LogP contribution in [0.4, 0.5) is 15.9 Å². The van der Waals surface area contributed by atoms with Crippen LogP contribution in [0.25, 0.3) is 10.9 Å². The van der Waals surface area contributed by atoms with Gasteiger partial charge in [0.05, 0.1) is 11.6 Å². The van der Waals surface area contributed by atoms with Gasteiger partial charge in [-0.15, -0.1) is 0 Å². The van der Waals surface area contributed by atoms with E-state index in [0.717, 1.165) is 41.1 Å². The molecule has 2 N–H and O–H groups in total. The third-order valence-corrected chi connectivity index (χ3v) is 6.04. The number of aryl methyl sites for hydroxylation is 1.